The first-order valence-corrected chi connectivity index (χ1v) is 11.1. The SMILES string of the molecule is CCc1ccc(C2CC2)c(C(=O)C2CCC(c3ccc4cccnc4c3)CC2)n1. The van der Waals surface area contributed by atoms with Crippen molar-refractivity contribution in [1.82, 2.24) is 9.97 Å². The van der Waals surface area contributed by atoms with Gasteiger partial charge in [0, 0.05) is 23.2 Å². The van der Waals surface area contributed by atoms with Gasteiger partial charge < -0.3 is 0 Å². The van der Waals surface area contributed by atoms with E-state index in [1.165, 1.54) is 29.4 Å². The number of carbonyl (C=O) groups excluding carboxylic acids is 1. The van der Waals surface area contributed by atoms with Gasteiger partial charge >= 0.3 is 0 Å². The maximum absolute atomic E-state index is 13.4. The Balaban J connectivity index is 1.32. The lowest BCUT2D eigenvalue weighted by Gasteiger charge is -2.28. The van der Waals surface area contributed by atoms with E-state index in [4.69, 9.17) is 4.98 Å². The second kappa shape index (κ2) is 7.70. The molecule has 1 aromatic carbocycles. The Bertz CT molecular complexity index is 1050. The highest BCUT2D eigenvalue weighted by Crippen LogP contribution is 2.43. The third-order valence-electron chi connectivity index (χ3n) is 6.80. The average Bonchev–Trinajstić information content (AvgIpc) is 3.63. The van der Waals surface area contributed by atoms with Crippen LogP contribution in [0.1, 0.15) is 84.6 Å². The van der Waals surface area contributed by atoms with Crippen LogP contribution in [0.2, 0.25) is 0 Å². The van der Waals surface area contributed by atoms with Crippen LogP contribution in [0, 0.1) is 5.92 Å². The first-order chi connectivity index (χ1) is 14.2. The lowest BCUT2D eigenvalue weighted by atomic mass is 9.76. The van der Waals surface area contributed by atoms with E-state index in [0.29, 0.717) is 17.6 Å². The summed E-state index contributed by atoms with van der Waals surface area (Å²) in [5.41, 5.74) is 5.46. The normalized spacial score (nSPS) is 22.0. The maximum atomic E-state index is 13.4. The van der Waals surface area contributed by atoms with E-state index in [9.17, 15) is 4.79 Å². The fourth-order valence-corrected chi connectivity index (χ4v) is 4.85. The van der Waals surface area contributed by atoms with Gasteiger partial charge in [0.25, 0.3) is 0 Å². The highest BCUT2D eigenvalue weighted by molar-refractivity contribution is 5.97. The Labute approximate surface area is 172 Å². The number of hydrogen-bond donors (Lipinski definition) is 0. The van der Waals surface area contributed by atoms with E-state index in [2.05, 4.69) is 48.3 Å². The van der Waals surface area contributed by atoms with E-state index in [0.717, 1.165) is 49.0 Å². The highest BCUT2D eigenvalue weighted by Gasteiger charge is 2.33. The van der Waals surface area contributed by atoms with E-state index in [-0.39, 0.29) is 5.92 Å². The Kier molecular flexibility index (Phi) is 4.91. The molecule has 0 atom stereocenters. The van der Waals surface area contributed by atoms with Gasteiger partial charge in [-0.1, -0.05) is 31.2 Å². The number of nitrogens with zero attached hydrogens (tertiary/aromatic N) is 2. The number of pyridine rings is 2. The molecule has 2 aliphatic rings. The number of benzene rings is 1. The molecule has 0 spiro atoms. The van der Waals surface area contributed by atoms with Crippen LogP contribution >= 0.6 is 0 Å². The minimum absolute atomic E-state index is 0.127. The van der Waals surface area contributed by atoms with E-state index in [1.807, 2.05) is 12.3 Å². The Morgan fingerprint density at radius 2 is 1.76 bits per heavy atom. The monoisotopic (exact) mass is 384 g/mol. The topological polar surface area (TPSA) is 42.9 Å². The molecule has 2 aliphatic carbocycles. The van der Waals surface area contributed by atoms with Crippen LogP contribution in [0.4, 0.5) is 0 Å². The van der Waals surface area contributed by atoms with Crippen LogP contribution in [0.5, 0.6) is 0 Å². The standard InChI is InChI=1S/C26H28N2O/c1-2-22-13-14-23(18-7-8-18)25(28-22)26(29)20-10-5-17(6-11-20)21-12-9-19-4-3-15-27-24(19)16-21/h3-4,9,12-18,20H,2,5-8,10-11H2,1H3. The quantitative estimate of drug-likeness (QED) is 0.490. The first-order valence-electron chi connectivity index (χ1n) is 11.1. The molecule has 148 valence electrons. The fourth-order valence-electron chi connectivity index (χ4n) is 4.85. The smallest absolute Gasteiger partial charge is 0.184 e. The summed E-state index contributed by atoms with van der Waals surface area (Å²) in [7, 11) is 0. The van der Waals surface area contributed by atoms with Gasteiger partial charge in [-0.25, -0.2) is 4.98 Å². The number of aryl methyl sites for hydroxylation is 1. The van der Waals surface area contributed by atoms with Gasteiger partial charge in [0.15, 0.2) is 5.78 Å². The zero-order valence-corrected chi connectivity index (χ0v) is 17.1. The number of carbonyl (C=O) groups is 1. The summed E-state index contributed by atoms with van der Waals surface area (Å²) in [5, 5.41) is 1.19. The fraction of sp³-hybridized carbons (Fsp3) is 0.423. The number of hydrogen-bond acceptors (Lipinski definition) is 3. The average molecular weight is 385 g/mol. The zero-order chi connectivity index (χ0) is 19.8. The van der Waals surface area contributed by atoms with Crippen LogP contribution in [-0.2, 0) is 6.42 Å². The molecule has 2 aromatic heterocycles. The van der Waals surface area contributed by atoms with Crippen LogP contribution in [0.15, 0.2) is 48.7 Å². The van der Waals surface area contributed by atoms with E-state index in [1.54, 1.807) is 0 Å². The molecule has 3 heteroatoms. The van der Waals surface area contributed by atoms with Crippen molar-refractivity contribution in [2.45, 2.75) is 63.7 Å². The van der Waals surface area contributed by atoms with Crippen molar-refractivity contribution in [2.75, 3.05) is 0 Å². The van der Waals surface area contributed by atoms with Crippen molar-refractivity contribution in [3.05, 3.63) is 71.2 Å². The second-order valence-electron chi connectivity index (χ2n) is 8.74. The summed E-state index contributed by atoms with van der Waals surface area (Å²) < 4.78 is 0. The molecule has 0 unspecified atom stereocenters. The van der Waals surface area contributed by atoms with Gasteiger partial charge in [0.2, 0.25) is 0 Å². The van der Waals surface area contributed by atoms with E-state index >= 15 is 0 Å². The zero-order valence-electron chi connectivity index (χ0n) is 17.1. The number of Topliss-reactive ketones (excluding diaryl/α,β-unsaturated/α-hetero) is 1. The van der Waals surface area contributed by atoms with Gasteiger partial charge in [-0.3, -0.25) is 9.78 Å². The maximum Gasteiger partial charge on any atom is 0.184 e. The van der Waals surface area contributed by atoms with Crippen molar-refractivity contribution < 1.29 is 4.79 Å². The molecule has 29 heavy (non-hydrogen) atoms. The Hall–Kier alpha value is -2.55. The Morgan fingerprint density at radius 3 is 2.52 bits per heavy atom. The molecular weight excluding hydrogens is 356 g/mol. The second-order valence-corrected chi connectivity index (χ2v) is 8.74. The van der Waals surface area contributed by atoms with Crippen molar-refractivity contribution in [1.29, 1.82) is 0 Å². The number of ketones is 1. The summed E-state index contributed by atoms with van der Waals surface area (Å²) >= 11 is 0. The predicted octanol–water partition coefficient (Wildman–Crippen LogP) is 6.23. The molecule has 2 heterocycles. The van der Waals surface area contributed by atoms with Crippen molar-refractivity contribution in [3.8, 4) is 0 Å². The molecule has 2 saturated carbocycles. The summed E-state index contributed by atoms with van der Waals surface area (Å²) in [6.45, 7) is 2.11. The summed E-state index contributed by atoms with van der Waals surface area (Å²) in [6, 6.07) is 15.0. The molecular formula is C26H28N2O. The molecule has 0 aliphatic heterocycles. The molecule has 2 fully saturated rings. The molecule has 0 bridgehead atoms. The summed E-state index contributed by atoms with van der Waals surface area (Å²) in [6.07, 6.45) is 9.22. The third-order valence-corrected chi connectivity index (χ3v) is 6.80. The van der Waals surface area contributed by atoms with Crippen LogP contribution < -0.4 is 0 Å². The largest absolute Gasteiger partial charge is 0.292 e. The summed E-state index contributed by atoms with van der Waals surface area (Å²) in [5.74, 6) is 1.51. The molecule has 0 saturated heterocycles. The van der Waals surface area contributed by atoms with Gasteiger partial charge in [-0.2, -0.15) is 0 Å². The van der Waals surface area contributed by atoms with Gasteiger partial charge in [-0.15, -0.1) is 0 Å². The number of rotatable bonds is 5. The molecule has 3 aromatic rings. The van der Waals surface area contributed by atoms with Crippen LogP contribution in [0.3, 0.4) is 0 Å². The Morgan fingerprint density at radius 1 is 0.966 bits per heavy atom. The molecule has 3 nitrogen and oxygen atoms in total. The van der Waals surface area contributed by atoms with Gasteiger partial charge in [-0.05, 0) is 86.1 Å². The molecule has 5 rings (SSSR count). The minimum Gasteiger partial charge on any atom is -0.292 e. The number of aromatic nitrogens is 2. The highest BCUT2D eigenvalue weighted by atomic mass is 16.1. The lowest BCUT2D eigenvalue weighted by molar-refractivity contribution is 0.0877. The molecule has 0 radical (unpaired) electrons. The first kappa shape index (κ1) is 18.5. The van der Waals surface area contributed by atoms with Gasteiger partial charge in [0.05, 0.1) is 5.52 Å². The van der Waals surface area contributed by atoms with Gasteiger partial charge in [0.1, 0.15) is 5.69 Å². The van der Waals surface area contributed by atoms with Crippen LogP contribution in [0.25, 0.3) is 10.9 Å². The molecule has 0 amide bonds. The third kappa shape index (κ3) is 3.71. The number of fused-ring (bicyclic) bond motifs is 1. The lowest BCUT2D eigenvalue weighted by Crippen LogP contribution is -2.23. The van der Waals surface area contributed by atoms with Crippen LogP contribution in [-0.4, -0.2) is 15.8 Å². The van der Waals surface area contributed by atoms with E-state index < -0.39 is 0 Å². The minimum atomic E-state index is 0.127. The van der Waals surface area contributed by atoms with Crippen molar-refractivity contribution >= 4 is 16.7 Å². The van der Waals surface area contributed by atoms with Crippen molar-refractivity contribution in [3.63, 3.8) is 0 Å². The van der Waals surface area contributed by atoms with Crippen molar-refractivity contribution in [2.24, 2.45) is 5.92 Å². The molecule has 0 N–H and O–H groups in total. The predicted molar refractivity (Wildman–Crippen MR) is 116 cm³/mol. The summed E-state index contributed by atoms with van der Waals surface area (Å²) in [4.78, 5) is 22.7.